The van der Waals surface area contributed by atoms with Crippen molar-refractivity contribution in [2.75, 3.05) is 38.7 Å². The number of aromatic nitrogens is 2. The molecule has 0 radical (unpaired) electrons. The van der Waals surface area contributed by atoms with Gasteiger partial charge >= 0.3 is 6.18 Å². The number of hydrogen-bond acceptors (Lipinski definition) is 7. The summed E-state index contributed by atoms with van der Waals surface area (Å²) in [4.78, 5) is 7.42. The Morgan fingerprint density at radius 2 is 1.83 bits per heavy atom. The molecule has 0 atom stereocenters. The third kappa shape index (κ3) is 5.81. The minimum Gasteiger partial charge on any atom is -0.493 e. The first-order chi connectivity index (χ1) is 13.8. The Balaban J connectivity index is 1.51. The van der Waals surface area contributed by atoms with Crippen molar-refractivity contribution in [1.82, 2.24) is 14.3 Å². The summed E-state index contributed by atoms with van der Waals surface area (Å²) < 4.78 is 75.1. The average molecular weight is 449 g/mol. The molecule has 29 heavy (non-hydrogen) atoms. The zero-order chi connectivity index (χ0) is 20.9. The smallest absolute Gasteiger partial charge is 0.433 e. The van der Waals surface area contributed by atoms with Crippen LogP contribution in [0.15, 0.2) is 46.6 Å². The second-order valence-corrected chi connectivity index (χ2v) is 8.91. The van der Waals surface area contributed by atoms with E-state index in [1.807, 2.05) is 0 Å². The SMILES string of the molecule is O=S(=O)(c1ccc(OCCSc2nccc(C(F)(F)F)n2)cc1)N1CCOCC1. The topological polar surface area (TPSA) is 81.6 Å². The van der Waals surface area contributed by atoms with E-state index in [9.17, 15) is 21.6 Å². The molecule has 0 amide bonds. The molecule has 12 heteroatoms. The van der Waals surface area contributed by atoms with Crippen LogP contribution in [0.3, 0.4) is 0 Å². The fraction of sp³-hybridized carbons (Fsp3) is 0.412. The Bertz CT molecular complexity index is 918. The highest BCUT2D eigenvalue weighted by atomic mass is 32.2. The van der Waals surface area contributed by atoms with Gasteiger partial charge in [0.05, 0.1) is 24.7 Å². The van der Waals surface area contributed by atoms with Crippen molar-refractivity contribution in [3.63, 3.8) is 0 Å². The van der Waals surface area contributed by atoms with Crippen LogP contribution in [-0.4, -0.2) is 61.4 Å². The van der Waals surface area contributed by atoms with Gasteiger partial charge < -0.3 is 9.47 Å². The van der Waals surface area contributed by atoms with E-state index in [-0.39, 0.29) is 16.7 Å². The Labute approximate surface area is 170 Å². The molecular formula is C17H18F3N3O4S2. The normalized spacial score (nSPS) is 16.0. The maximum atomic E-state index is 12.6. The van der Waals surface area contributed by atoms with E-state index in [1.54, 1.807) is 12.1 Å². The Morgan fingerprint density at radius 1 is 1.14 bits per heavy atom. The maximum Gasteiger partial charge on any atom is 0.433 e. The third-order valence-corrected chi connectivity index (χ3v) is 6.68. The third-order valence-electron chi connectivity index (χ3n) is 3.94. The minimum absolute atomic E-state index is 0.00961. The van der Waals surface area contributed by atoms with Gasteiger partial charge in [0.1, 0.15) is 11.4 Å². The number of thioether (sulfide) groups is 1. The molecule has 0 saturated carbocycles. The Morgan fingerprint density at radius 3 is 2.48 bits per heavy atom. The van der Waals surface area contributed by atoms with Gasteiger partial charge in [-0.05, 0) is 30.3 Å². The van der Waals surface area contributed by atoms with Crippen molar-refractivity contribution >= 4 is 21.8 Å². The largest absolute Gasteiger partial charge is 0.493 e. The van der Waals surface area contributed by atoms with Crippen molar-refractivity contribution < 1.29 is 31.1 Å². The molecule has 2 aromatic rings. The summed E-state index contributed by atoms with van der Waals surface area (Å²) in [6.07, 6.45) is -3.45. The van der Waals surface area contributed by atoms with Crippen LogP contribution in [0.25, 0.3) is 0 Å². The maximum absolute atomic E-state index is 12.6. The minimum atomic E-state index is -4.52. The van der Waals surface area contributed by atoms with Gasteiger partial charge in [-0.1, -0.05) is 11.8 Å². The average Bonchev–Trinajstić information content (AvgIpc) is 2.72. The molecule has 1 aromatic heterocycles. The van der Waals surface area contributed by atoms with Crippen molar-refractivity contribution in [1.29, 1.82) is 0 Å². The number of morpholine rings is 1. The second-order valence-electron chi connectivity index (χ2n) is 5.91. The molecule has 7 nitrogen and oxygen atoms in total. The standard InChI is InChI=1S/C17H18F3N3O4S2/c18-17(19,20)15-5-6-21-16(22-15)28-12-11-27-13-1-3-14(4-2-13)29(24,25)23-7-9-26-10-8-23/h1-6H,7-12H2. The van der Waals surface area contributed by atoms with E-state index in [2.05, 4.69) is 9.97 Å². The van der Waals surface area contributed by atoms with Gasteiger partial charge in [0, 0.05) is 25.0 Å². The molecule has 3 rings (SSSR count). The summed E-state index contributed by atoms with van der Waals surface area (Å²) in [5, 5.41) is 0.00961. The van der Waals surface area contributed by atoms with Gasteiger partial charge in [-0.2, -0.15) is 17.5 Å². The van der Waals surface area contributed by atoms with E-state index in [0.717, 1.165) is 24.0 Å². The first kappa shape index (κ1) is 21.8. The van der Waals surface area contributed by atoms with Crippen molar-refractivity contribution in [2.24, 2.45) is 0 Å². The van der Waals surface area contributed by atoms with Crippen molar-refractivity contribution in [3.05, 3.63) is 42.2 Å². The lowest BCUT2D eigenvalue weighted by Gasteiger charge is -2.26. The quantitative estimate of drug-likeness (QED) is 0.365. The van der Waals surface area contributed by atoms with E-state index >= 15 is 0 Å². The molecule has 0 N–H and O–H groups in total. The van der Waals surface area contributed by atoms with Crippen molar-refractivity contribution in [3.8, 4) is 5.75 Å². The van der Waals surface area contributed by atoms with Gasteiger partial charge in [-0.25, -0.2) is 18.4 Å². The molecule has 1 aromatic carbocycles. The van der Waals surface area contributed by atoms with Crippen LogP contribution in [-0.2, 0) is 20.9 Å². The summed E-state index contributed by atoms with van der Waals surface area (Å²) in [5.74, 6) is 0.784. The van der Waals surface area contributed by atoms with Crippen LogP contribution in [0.2, 0.25) is 0 Å². The summed E-state index contributed by atoms with van der Waals surface area (Å²) in [7, 11) is -3.57. The molecule has 1 aliphatic heterocycles. The first-order valence-corrected chi connectivity index (χ1v) is 11.0. The number of benzene rings is 1. The van der Waals surface area contributed by atoms with Gasteiger partial charge in [0.2, 0.25) is 10.0 Å². The predicted molar refractivity (Wildman–Crippen MR) is 99.3 cm³/mol. The summed E-state index contributed by atoms with van der Waals surface area (Å²) in [5.41, 5.74) is -0.993. The molecule has 0 aliphatic carbocycles. The second kappa shape index (κ2) is 9.28. The first-order valence-electron chi connectivity index (χ1n) is 8.60. The fourth-order valence-electron chi connectivity index (χ4n) is 2.50. The summed E-state index contributed by atoms with van der Waals surface area (Å²) >= 11 is 1.03. The molecule has 0 bridgehead atoms. The predicted octanol–water partition coefficient (Wildman–Crippen LogP) is 2.69. The van der Waals surface area contributed by atoms with E-state index in [4.69, 9.17) is 9.47 Å². The molecule has 1 saturated heterocycles. The zero-order valence-electron chi connectivity index (χ0n) is 15.1. The molecule has 0 unspecified atom stereocenters. The van der Waals surface area contributed by atoms with Gasteiger partial charge in [0.25, 0.3) is 0 Å². The number of rotatable bonds is 7. The number of halogens is 3. The zero-order valence-corrected chi connectivity index (χ0v) is 16.8. The number of nitrogens with zero attached hydrogens (tertiary/aromatic N) is 3. The lowest BCUT2D eigenvalue weighted by molar-refractivity contribution is -0.141. The molecule has 1 fully saturated rings. The molecule has 2 heterocycles. The van der Waals surface area contributed by atoms with Crippen LogP contribution in [0.1, 0.15) is 5.69 Å². The van der Waals surface area contributed by atoms with Crippen LogP contribution in [0, 0.1) is 0 Å². The van der Waals surface area contributed by atoms with Crippen LogP contribution in [0.5, 0.6) is 5.75 Å². The lowest BCUT2D eigenvalue weighted by atomic mass is 10.3. The molecular weight excluding hydrogens is 431 g/mol. The van der Waals surface area contributed by atoms with Gasteiger partial charge in [-0.15, -0.1) is 0 Å². The summed E-state index contributed by atoms with van der Waals surface area (Å²) in [6, 6.07) is 6.82. The highest BCUT2D eigenvalue weighted by molar-refractivity contribution is 7.99. The molecule has 1 aliphatic rings. The Hall–Kier alpha value is -1.89. The number of hydrogen-bond donors (Lipinski definition) is 0. The molecule has 0 spiro atoms. The number of ether oxygens (including phenoxy) is 2. The van der Waals surface area contributed by atoms with Crippen LogP contribution < -0.4 is 4.74 Å². The van der Waals surface area contributed by atoms with Gasteiger partial charge in [-0.3, -0.25) is 0 Å². The van der Waals surface area contributed by atoms with Gasteiger partial charge in [0.15, 0.2) is 5.16 Å². The van der Waals surface area contributed by atoms with Crippen LogP contribution >= 0.6 is 11.8 Å². The van der Waals surface area contributed by atoms with E-state index < -0.39 is 21.9 Å². The fourth-order valence-corrected chi connectivity index (χ4v) is 4.56. The highest BCUT2D eigenvalue weighted by Crippen LogP contribution is 2.28. The van der Waals surface area contributed by atoms with E-state index in [0.29, 0.717) is 37.8 Å². The van der Waals surface area contributed by atoms with Crippen molar-refractivity contribution in [2.45, 2.75) is 16.2 Å². The monoisotopic (exact) mass is 449 g/mol. The lowest BCUT2D eigenvalue weighted by Crippen LogP contribution is -2.40. The van der Waals surface area contributed by atoms with Crippen LogP contribution in [0.4, 0.5) is 13.2 Å². The highest BCUT2D eigenvalue weighted by Gasteiger charge is 2.32. The summed E-state index contributed by atoms with van der Waals surface area (Å²) in [6.45, 7) is 1.56. The number of alkyl halides is 3. The Kier molecular flexibility index (Phi) is 6.98. The number of sulfonamides is 1. The van der Waals surface area contributed by atoms with E-state index in [1.165, 1.54) is 16.4 Å². The molecule has 158 valence electrons.